The Morgan fingerprint density at radius 1 is 0.641 bits per heavy atom. The third kappa shape index (κ3) is 11.7. The molecule has 0 aliphatic carbocycles. The molecule has 0 saturated carbocycles. The maximum atomic E-state index is 12.3. The molecule has 6 heteroatoms. The lowest BCUT2D eigenvalue weighted by Gasteiger charge is -2.28. The van der Waals surface area contributed by atoms with E-state index in [-0.39, 0.29) is 28.5 Å². The summed E-state index contributed by atoms with van der Waals surface area (Å²) in [6.07, 6.45) is 6.40. The van der Waals surface area contributed by atoms with Crippen molar-refractivity contribution in [2.45, 2.75) is 110 Å². The van der Waals surface area contributed by atoms with Crippen molar-refractivity contribution in [2.24, 2.45) is 0 Å². The molecule has 39 heavy (non-hydrogen) atoms. The summed E-state index contributed by atoms with van der Waals surface area (Å²) in [5.74, 6) is 0.170. The van der Waals surface area contributed by atoms with Gasteiger partial charge in [0.15, 0.2) is 0 Å². The number of benzene rings is 2. The number of phenols is 2. The van der Waals surface area contributed by atoms with E-state index in [1.165, 1.54) is 0 Å². The zero-order chi connectivity index (χ0) is 29.1. The van der Waals surface area contributed by atoms with Crippen molar-refractivity contribution in [3.63, 3.8) is 0 Å². The van der Waals surface area contributed by atoms with Crippen LogP contribution in [0.4, 0.5) is 0 Å². The molecule has 0 bridgehead atoms. The van der Waals surface area contributed by atoms with Gasteiger partial charge in [0.05, 0.1) is 13.2 Å². The van der Waals surface area contributed by atoms with Crippen LogP contribution in [-0.2, 0) is 42.7 Å². The second-order valence-corrected chi connectivity index (χ2v) is 12.4. The van der Waals surface area contributed by atoms with Gasteiger partial charge in [0.25, 0.3) is 0 Å². The molecule has 0 atom stereocenters. The third-order valence-corrected chi connectivity index (χ3v) is 6.77. The first-order valence-corrected chi connectivity index (χ1v) is 14.2. The first kappa shape index (κ1) is 32.2. The molecule has 0 fully saturated rings. The van der Waals surface area contributed by atoms with Crippen molar-refractivity contribution in [3.8, 4) is 11.5 Å². The number of rotatable bonds is 14. The number of esters is 2. The van der Waals surface area contributed by atoms with E-state index < -0.39 is 0 Å². The Balaban J connectivity index is 1.59. The molecule has 0 radical (unpaired) electrons. The van der Waals surface area contributed by atoms with E-state index in [1.54, 1.807) is 24.3 Å². The van der Waals surface area contributed by atoms with Gasteiger partial charge in [-0.1, -0.05) is 85.1 Å². The Morgan fingerprint density at radius 3 is 1.49 bits per heavy atom. The highest BCUT2D eigenvalue weighted by molar-refractivity contribution is 5.70. The number of phenolic OH excluding ortho intramolecular Hbond substituents is 2. The summed E-state index contributed by atoms with van der Waals surface area (Å²) in [6.45, 7) is 13.3. The maximum absolute atomic E-state index is 12.3. The van der Waals surface area contributed by atoms with Gasteiger partial charge in [0.2, 0.25) is 0 Å². The van der Waals surface area contributed by atoms with Gasteiger partial charge in [0, 0.05) is 12.8 Å². The van der Waals surface area contributed by atoms with Crippen LogP contribution in [0.3, 0.4) is 0 Å². The molecule has 2 aromatic carbocycles. The minimum absolute atomic E-state index is 0.197. The maximum Gasteiger partial charge on any atom is 0.306 e. The van der Waals surface area contributed by atoms with Gasteiger partial charge in [-0.15, -0.1) is 0 Å². The number of hydrogen-bond donors (Lipinski definition) is 2. The molecular weight excluding hydrogens is 492 g/mol. The van der Waals surface area contributed by atoms with Crippen molar-refractivity contribution in [3.05, 3.63) is 58.7 Å². The molecule has 2 N–H and O–H groups in total. The summed E-state index contributed by atoms with van der Waals surface area (Å²) in [7, 11) is 0. The summed E-state index contributed by atoms with van der Waals surface area (Å²) in [4.78, 5) is 24.2. The molecule has 0 aromatic heterocycles. The molecule has 0 amide bonds. The molecule has 6 nitrogen and oxygen atoms in total. The van der Waals surface area contributed by atoms with Crippen molar-refractivity contribution in [1.29, 1.82) is 0 Å². The van der Waals surface area contributed by atoms with E-state index >= 15 is 0 Å². The number of hydrogen-bond acceptors (Lipinski definition) is 6. The number of carbonyl (C=O) groups is 2. The topological polar surface area (TPSA) is 93.1 Å². The highest BCUT2D eigenvalue weighted by Crippen LogP contribution is 2.40. The van der Waals surface area contributed by atoms with Gasteiger partial charge in [-0.05, 0) is 70.9 Å². The average Bonchev–Trinajstić information content (AvgIpc) is 2.85. The summed E-state index contributed by atoms with van der Waals surface area (Å²) < 4.78 is 10.7. The van der Waals surface area contributed by atoms with Crippen LogP contribution in [0.5, 0.6) is 11.5 Å². The molecule has 2 rings (SSSR count). The normalized spacial score (nSPS) is 11.8. The first-order chi connectivity index (χ1) is 18.3. The lowest BCUT2D eigenvalue weighted by Crippen LogP contribution is -2.18. The Bertz CT molecular complexity index is 1020. The predicted molar refractivity (Wildman–Crippen MR) is 155 cm³/mol. The molecule has 0 aliphatic heterocycles. The third-order valence-electron chi connectivity index (χ3n) is 6.77. The fourth-order valence-electron chi connectivity index (χ4n) is 4.39. The standard InChI is InChI=1S/C33H48O6/c1-32(2,3)27-22-25(23-28(31(27)37)33(4,5)6)15-19-30(36)39-21-11-9-7-8-10-20-38-29(35)18-14-24-12-16-26(34)17-13-24/h12-13,16-17,22-23,34,37H,7-11,14-15,18-21H2,1-6H3. The molecule has 0 saturated heterocycles. The van der Waals surface area contributed by atoms with Gasteiger partial charge in [-0.25, -0.2) is 0 Å². The first-order valence-electron chi connectivity index (χ1n) is 14.2. The Kier molecular flexibility index (Phi) is 12.3. The lowest BCUT2D eigenvalue weighted by molar-refractivity contribution is -0.144. The van der Waals surface area contributed by atoms with E-state index in [4.69, 9.17) is 9.47 Å². The molecule has 216 valence electrons. The Labute approximate surface area is 234 Å². The molecule has 0 aliphatic rings. The lowest BCUT2D eigenvalue weighted by atomic mass is 9.78. The van der Waals surface area contributed by atoms with Crippen LogP contribution in [-0.4, -0.2) is 35.4 Å². The van der Waals surface area contributed by atoms with Crippen molar-refractivity contribution < 1.29 is 29.3 Å². The highest BCUT2D eigenvalue weighted by Gasteiger charge is 2.26. The number of aryl methyl sites for hydroxylation is 2. The largest absolute Gasteiger partial charge is 0.508 e. The quantitative estimate of drug-likeness (QED) is 0.193. The number of carbonyl (C=O) groups excluding carboxylic acids is 2. The minimum atomic E-state index is -0.202. The van der Waals surface area contributed by atoms with Gasteiger partial charge in [0.1, 0.15) is 11.5 Å². The zero-order valence-corrected chi connectivity index (χ0v) is 24.8. The molecule has 0 spiro atoms. The Hall–Kier alpha value is -3.02. The van der Waals surface area contributed by atoms with E-state index in [0.717, 1.165) is 54.4 Å². The average molecular weight is 541 g/mol. The van der Waals surface area contributed by atoms with E-state index in [0.29, 0.717) is 44.6 Å². The zero-order valence-electron chi connectivity index (χ0n) is 24.8. The van der Waals surface area contributed by atoms with Gasteiger partial charge in [-0.3, -0.25) is 9.59 Å². The van der Waals surface area contributed by atoms with Crippen LogP contribution in [0.2, 0.25) is 0 Å². The van der Waals surface area contributed by atoms with E-state index in [2.05, 4.69) is 41.5 Å². The summed E-state index contributed by atoms with van der Waals surface area (Å²) in [5, 5.41) is 20.2. The van der Waals surface area contributed by atoms with Crippen molar-refractivity contribution in [1.82, 2.24) is 0 Å². The van der Waals surface area contributed by atoms with Gasteiger partial charge in [-0.2, -0.15) is 0 Å². The van der Waals surface area contributed by atoms with Crippen LogP contribution in [0.15, 0.2) is 36.4 Å². The van der Waals surface area contributed by atoms with Crippen LogP contribution in [0.25, 0.3) is 0 Å². The molecular formula is C33H48O6. The van der Waals surface area contributed by atoms with Crippen molar-refractivity contribution >= 4 is 11.9 Å². The monoisotopic (exact) mass is 540 g/mol. The van der Waals surface area contributed by atoms with Crippen LogP contribution in [0.1, 0.15) is 109 Å². The number of aromatic hydroxyl groups is 2. The van der Waals surface area contributed by atoms with Crippen LogP contribution >= 0.6 is 0 Å². The van der Waals surface area contributed by atoms with Gasteiger partial charge < -0.3 is 19.7 Å². The van der Waals surface area contributed by atoms with E-state index in [1.807, 2.05) is 12.1 Å². The summed E-state index contributed by atoms with van der Waals surface area (Å²) in [6, 6.07) is 10.9. The molecule has 0 heterocycles. The van der Waals surface area contributed by atoms with Gasteiger partial charge >= 0.3 is 11.9 Å². The molecule has 0 unspecified atom stereocenters. The fraction of sp³-hybridized carbons (Fsp3) is 0.576. The number of unbranched alkanes of at least 4 members (excludes halogenated alkanes) is 4. The molecule has 2 aromatic rings. The van der Waals surface area contributed by atoms with Crippen LogP contribution in [0, 0.1) is 0 Å². The van der Waals surface area contributed by atoms with Crippen LogP contribution < -0.4 is 0 Å². The van der Waals surface area contributed by atoms with Crippen molar-refractivity contribution in [2.75, 3.05) is 13.2 Å². The smallest absolute Gasteiger partial charge is 0.306 e. The number of ether oxygens (including phenoxy) is 2. The minimum Gasteiger partial charge on any atom is -0.508 e. The van der Waals surface area contributed by atoms with E-state index in [9.17, 15) is 19.8 Å². The summed E-state index contributed by atoms with van der Waals surface area (Å²) in [5.41, 5.74) is 3.45. The SMILES string of the molecule is CC(C)(C)c1cc(CCC(=O)OCCCCCCCOC(=O)CCc2ccc(O)cc2)cc(C(C)(C)C)c1O. The second-order valence-electron chi connectivity index (χ2n) is 12.4. The Morgan fingerprint density at radius 2 is 1.05 bits per heavy atom. The fourth-order valence-corrected chi connectivity index (χ4v) is 4.39. The predicted octanol–water partition coefficient (Wildman–Crippen LogP) is 7.30. The second kappa shape index (κ2) is 14.9. The highest BCUT2D eigenvalue weighted by atomic mass is 16.5. The summed E-state index contributed by atoms with van der Waals surface area (Å²) >= 11 is 0.